The first-order chi connectivity index (χ1) is 14.0. The molecule has 1 aromatic rings. The quantitative estimate of drug-likeness (QED) is 0.680. The number of halogens is 1. The Morgan fingerprint density at radius 3 is 2.76 bits per heavy atom. The largest absolute Gasteiger partial charge is 0.353 e. The Balaban J connectivity index is 1.47. The normalized spacial score (nSPS) is 43.3. The van der Waals surface area contributed by atoms with Crippen molar-refractivity contribution in [2.45, 2.75) is 82.2 Å². The maximum Gasteiger partial charge on any atom is 0.226 e. The predicted molar refractivity (Wildman–Crippen MR) is 118 cm³/mol. The molecule has 2 unspecified atom stereocenters. The van der Waals surface area contributed by atoms with Crippen LogP contribution in [0, 0.1) is 16.7 Å². The highest BCUT2D eigenvalue weighted by Crippen LogP contribution is 2.71. The molecule has 0 radical (unpaired) electrons. The minimum absolute atomic E-state index is 0.158. The topological polar surface area (TPSA) is 41.1 Å². The molecule has 3 nitrogen and oxygen atoms in total. The van der Waals surface area contributed by atoms with Gasteiger partial charge in [0.1, 0.15) is 0 Å². The number of hydrogen-bond acceptors (Lipinski definition) is 2. The minimum Gasteiger partial charge on any atom is -0.353 e. The van der Waals surface area contributed by atoms with E-state index >= 15 is 0 Å². The molecule has 6 atom stereocenters. The minimum atomic E-state index is -0.199. The summed E-state index contributed by atoms with van der Waals surface area (Å²) in [6, 6.07) is 11.9. The van der Waals surface area contributed by atoms with Gasteiger partial charge < -0.3 is 10.6 Å². The fraction of sp³-hybridized carbons (Fsp3) is 0.720. The van der Waals surface area contributed by atoms with Crippen LogP contribution in [0.1, 0.15) is 70.3 Å². The molecule has 1 heterocycles. The van der Waals surface area contributed by atoms with E-state index in [4.69, 9.17) is 11.6 Å². The molecule has 1 aliphatic heterocycles. The van der Waals surface area contributed by atoms with Gasteiger partial charge in [-0.05, 0) is 93.6 Å². The van der Waals surface area contributed by atoms with Crippen molar-refractivity contribution in [3.8, 4) is 0 Å². The van der Waals surface area contributed by atoms with Gasteiger partial charge in [0.15, 0.2) is 0 Å². The van der Waals surface area contributed by atoms with E-state index in [0.29, 0.717) is 29.8 Å². The number of carbonyl (C=O) groups is 1. The Labute approximate surface area is 180 Å². The second-order valence-electron chi connectivity index (χ2n) is 10.9. The van der Waals surface area contributed by atoms with Crippen LogP contribution in [0.5, 0.6) is 0 Å². The van der Waals surface area contributed by atoms with Crippen LogP contribution in [-0.4, -0.2) is 30.4 Å². The average Bonchev–Trinajstić information content (AvgIpc) is 2.68. The van der Waals surface area contributed by atoms with Crippen molar-refractivity contribution in [1.82, 2.24) is 10.6 Å². The van der Waals surface area contributed by atoms with Crippen LogP contribution < -0.4 is 10.6 Å². The summed E-state index contributed by atoms with van der Waals surface area (Å²) in [7, 11) is 0. The maximum absolute atomic E-state index is 13.8. The van der Waals surface area contributed by atoms with Crippen LogP contribution in [0.25, 0.3) is 0 Å². The lowest BCUT2D eigenvalue weighted by Crippen LogP contribution is -2.63. The van der Waals surface area contributed by atoms with E-state index in [-0.39, 0.29) is 16.2 Å². The van der Waals surface area contributed by atoms with Crippen molar-refractivity contribution in [3.63, 3.8) is 0 Å². The van der Waals surface area contributed by atoms with Gasteiger partial charge in [-0.25, -0.2) is 0 Å². The van der Waals surface area contributed by atoms with E-state index in [1.807, 2.05) is 0 Å². The molecule has 6 rings (SSSR count). The fourth-order valence-corrected chi connectivity index (χ4v) is 8.49. The molecule has 4 aliphatic carbocycles. The predicted octanol–water partition coefficient (Wildman–Crippen LogP) is 4.78. The van der Waals surface area contributed by atoms with Crippen molar-refractivity contribution >= 4 is 17.5 Å². The van der Waals surface area contributed by atoms with Gasteiger partial charge in [-0.1, -0.05) is 30.3 Å². The Morgan fingerprint density at radius 1 is 1.17 bits per heavy atom. The van der Waals surface area contributed by atoms with Gasteiger partial charge in [0.2, 0.25) is 5.91 Å². The first-order valence-corrected chi connectivity index (χ1v) is 12.2. The van der Waals surface area contributed by atoms with Crippen LogP contribution in [0.4, 0.5) is 0 Å². The third kappa shape index (κ3) is 3.43. The van der Waals surface area contributed by atoms with E-state index in [1.54, 1.807) is 0 Å². The van der Waals surface area contributed by atoms with Crippen molar-refractivity contribution < 1.29 is 4.79 Å². The summed E-state index contributed by atoms with van der Waals surface area (Å²) >= 11 is 6.32. The van der Waals surface area contributed by atoms with Gasteiger partial charge in [-0.3, -0.25) is 4.79 Å². The van der Waals surface area contributed by atoms with E-state index in [9.17, 15) is 4.79 Å². The third-order valence-electron chi connectivity index (χ3n) is 8.64. The molecule has 5 fully saturated rings. The Kier molecular flexibility index (Phi) is 4.98. The smallest absolute Gasteiger partial charge is 0.226 e. The van der Waals surface area contributed by atoms with E-state index in [0.717, 1.165) is 45.1 Å². The number of benzene rings is 1. The summed E-state index contributed by atoms with van der Waals surface area (Å²) in [4.78, 5) is 13.8. The number of nitrogens with one attached hydrogen (secondary N) is 2. The molecule has 4 saturated carbocycles. The second kappa shape index (κ2) is 7.27. The number of rotatable bonds is 5. The molecule has 5 aliphatic rings. The molecule has 4 bridgehead atoms. The molecular formula is C25H35ClN2O. The highest BCUT2D eigenvalue weighted by molar-refractivity contribution is 6.17. The molecular weight excluding hydrogens is 380 g/mol. The molecule has 1 saturated heterocycles. The number of amides is 1. The van der Waals surface area contributed by atoms with E-state index in [2.05, 4.69) is 47.9 Å². The lowest BCUT2D eigenvalue weighted by Gasteiger charge is -2.66. The molecule has 29 heavy (non-hydrogen) atoms. The zero-order valence-electron chi connectivity index (χ0n) is 17.7. The van der Waals surface area contributed by atoms with E-state index < -0.39 is 0 Å². The average molecular weight is 415 g/mol. The zero-order chi connectivity index (χ0) is 20.1. The Bertz CT molecular complexity index is 769. The van der Waals surface area contributed by atoms with Gasteiger partial charge in [-0.2, -0.15) is 0 Å². The van der Waals surface area contributed by atoms with E-state index in [1.165, 1.54) is 24.8 Å². The van der Waals surface area contributed by atoms with Gasteiger partial charge in [-0.15, -0.1) is 11.6 Å². The van der Waals surface area contributed by atoms with Gasteiger partial charge in [0.05, 0.1) is 5.41 Å². The number of hydrogen-bond donors (Lipinski definition) is 2. The molecule has 0 spiro atoms. The summed E-state index contributed by atoms with van der Waals surface area (Å²) in [5.74, 6) is 1.72. The molecule has 4 heteroatoms. The number of piperidine rings is 1. The summed E-state index contributed by atoms with van der Waals surface area (Å²) in [6.07, 6.45) is 10.0. The Morgan fingerprint density at radius 2 is 2.00 bits per heavy atom. The standard InChI is InChI=1S/C25H35ClN2O/c1-18-11-21(7-10-27-18)28-22(29)25-14-19-12-23(16-25,8-9-26)15-24(13-19,17-25)20-5-3-2-4-6-20/h2-6,18-19,21,27H,7-17H2,1H3,(H,28,29)/t18-,19?,21+,23-,24-,25?/m1/s1. The van der Waals surface area contributed by atoms with Crippen LogP contribution >= 0.6 is 11.6 Å². The summed E-state index contributed by atoms with van der Waals surface area (Å²) in [6.45, 7) is 3.23. The summed E-state index contributed by atoms with van der Waals surface area (Å²) in [5.41, 5.74) is 1.66. The number of carbonyl (C=O) groups excluding carboxylic acids is 1. The van der Waals surface area contributed by atoms with Crippen molar-refractivity contribution in [2.24, 2.45) is 16.7 Å². The van der Waals surface area contributed by atoms with Gasteiger partial charge >= 0.3 is 0 Å². The maximum atomic E-state index is 13.8. The molecule has 1 aromatic carbocycles. The number of alkyl halides is 1. The van der Waals surface area contributed by atoms with Crippen molar-refractivity contribution in [3.05, 3.63) is 35.9 Å². The zero-order valence-corrected chi connectivity index (χ0v) is 18.4. The fourth-order valence-electron chi connectivity index (χ4n) is 8.09. The monoisotopic (exact) mass is 414 g/mol. The SMILES string of the molecule is C[C@@H]1C[C@@H](NC(=O)C23CC4C[C@@](CCCl)(C2)C[C@](c2ccccc2)(C4)C3)CCN1. The lowest BCUT2D eigenvalue weighted by atomic mass is 9.38. The van der Waals surface area contributed by atoms with Crippen LogP contribution in [0.3, 0.4) is 0 Å². The van der Waals surface area contributed by atoms with Gasteiger partial charge in [0, 0.05) is 18.0 Å². The summed E-state index contributed by atoms with van der Waals surface area (Å²) < 4.78 is 0. The second-order valence-corrected chi connectivity index (χ2v) is 11.3. The molecule has 2 N–H and O–H groups in total. The van der Waals surface area contributed by atoms with Crippen molar-refractivity contribution in [2.75, 3.05) is 12.4 Å². The summed E-state index contributed by atoms with van der Waals surface area (Å²) in [5, 5.41) is 7.03. The molecule has 1 amide bonds. The first-order valence-electron chi connectivity index (χ1n) is 11.6. The lowest BCUT2D eigenvalue weighted by molar-refractivity contribution is -0.164. The van der Waals surface area contributed by atoms with Crippen LogP contribution in [-0.2, 0) is 10.2 Å². The first kappa shape index (κ1) is 19.9. The van der Waals surface area contributed by atoms with Crippen LogP contribution in [0.2, 0.25) is 0 Å². The third-order valence-corrected chi connectivity index (χ3v) is 8.82. The highest BCUT2D eigenvalue weighted by Gasteiger charge is 2.65. The van der Waals surface area contributed by atoms with Crippen LogP contribution in [0.15, 0.2) is 30.3 Å². The van der Waals surface area contributed by atoms with Crippen molar-refractivity contribution in [1.29, 1.82) is 0 Å². The highest BCUT2D eigenvalue weighted by atomic mass is 35.5. The Hall–Kier alpha value is -1.06. The van der Waals surface area contributed by atoms with Gasteiger partial charge in [0.25, 0.3) is 0 Å². The molecule has 0 aromatic heterocycles. The molecule has 158 valence electrons.